The van der Waals surface area contributed by atoms with E-state index in [9.17, 15) is 18.0 Å². The average molecular weight is 346 g/mol. The van der Waals surface area contributed by atoms with E-state index in [-0.39, 0.29) is 37.5 Å². The highest BCUT2D eigenvalue weighted by atomic mass is 19.4. The number of amides is 2. The van der Waals surface area contributed by atoms with E-state index in [2.05, 4.69) is 5.32 Å². The first-order valence-corrected chi connectivity index (χ1v) is 7.84. The Labute approximate surface area is 138 Å². The van der Waals surface area contributed by atoms with Crippen molar-refractivity contribution in [3.8, 4) is 5.75 Å². The van der Waals surface area contributed by atoms with Gasteiger partial charge in [0.15, 0.2) is 0 Å². The van der Waals surface area contributed by atoms with Crippen molar-refractivity contribution in [2.45, 2.75) is 19.0 Å². The fraction of sp³-hybridized carbons (Fsp3) is 0.562. The number of aliphatic hydroxyl groups is 1. The molecule has 0 radical (unpaired) electrons. The first-order valence-electron chi connectivity index (χ1n) is 7.84. The highest BCUT2D eigenvalue weighted by molar-refractivity contribution is 5.74. The minimum Gasteiger partial charge on any atom is -0.491 e. The van der Waals surface area contributed by atoms with Crippen LogP contribution in [0.3, 0.4) is 0 Å². The Morgan fingerprint density at radius 2 is 2.12 bits per heavy atom. The van der Waals surface area contributed by atoms with Gasteiger partial charge in [-0.2, -0.15) is 13.2 Å². The zero-order valence-corrected chi connectivity index (χ0v) is 13.2. The highest BCUT2D eigenvalue weighted by Gasteiger charge is 2.34. The minimum absolute atomic E-state index is 0.0428. The SMILES string of the molecule is O=C(NCCOc1ccccc1C(F)(F)F)N1CCC[C@H](CO)C1. The second-order valence-electron chi connectivity index (χ2n) is 5.71. The molecule has 2 N–H and O–H groups in total. The molecule has 0 saturated carbocycles. The Balaban J connectivity index is 1.78. The maximum Gasteiger partial charge on any atom is 0.419 e. The van der Waals surface area contributed by atoms with Gasteiger partial charge < -0.3 is 20.1 Å². The molecule has 5 nitrogen and oxygen atoms in total. The molecule has 24 heavy (non-hydrogen) atoms. The van der Waals surface area contributed by atoms with Crippen LogP contribution in [-0.4, -0.2) is 48.9 Å². The molecule has 1 fully saturated rings. The van der Waals surface area contributed by atoms with Gasteiger partial charge in [0.2, 0.25) is 0 Å². The number of ether oxygens (including phenoxy) is 1. The molecule has 0 bridgehead atoms. The molecule has 0 spiro atoms. The maximum atomic E-state index is 12.8. The van der Waals surface area contributed by atoms with E-state index in [1.807, 2.05) is 0 Å². The Kier molecular flexibility index (Phi) is 6.30. The molecule has 0 aliphatic carbocycles. The van der Waals surface area contributed by atoms with E-state index in [1.54, 1.807) is 4.90 Å². The fourth-order valence-electron chi connectivity index (χ4n) is 2.66. The summed E-state index contributed by atoms with van der Waals surface area (Å²) in [6.07, 6.45) is -2.77. The molecular formula is C16H21F3N2O3. The van der Waals surface area contributed by atoms with Crippen LogP contribution < -0.4 is 10.1 Å². The lowest BCUT2D eigenvalue weighted by Crippen LogP contribution is -2.47. The van der Waals surface area contributed by atoms with Gasteiger partial charge in [-0.05, 0) is 30.9 Å². The number of carbonyl (C=O) groups excluding carboxylic acids is 1. The Morgan fingerprint density at radius 1 is 1.38 bits per heavy atom. The van der Waals surface area contributed by atoms with Gasteiger partial charge in [-0.1, -0.05) is 12.1 Å². The summed E-state index contributed by atoms with van der Waals surface area (Å²) in [6, 6.07) is 4.68. The van der Waals surface area contributed by atoms with Crippen LogP contribution in [0.2, 0.25) is 0 Å². The van der Waals surface area contributed by atoms with E-state index in [1.165, 1.54) is 18.2 Å². The largest absolute Gasteiger partial charge is 0.491 e. The molecule has 1 atom stereocenters. The monoisotopic (exact) mass is 346 g/mol. The average Bonchev–Trinajstić information content (AvgIpc) is 2.58. The number of aliphatic hydroxyl groups excluding tert-OH is 1. The van der Waals surface area contributed by atoms with Crippen LogP contribution in [0.1, 0.15) is 18.4 Å². The number of carbonyl (C=O) groups is 1. The van der Waals surface area contributed by atoms with Crippen molar-refractivity contribution < 1.29 is 27.8 Å². The first-order chi connectivity index (χ1) is 11.4. The summed E-state index contributed by atoms with van der Waals surface area (Å²) in [5.41, 5.74) is -0.835. The third kappa shape index (κ3) is 5.02. The number of nitrogens with zero attached hydrogens (tertiary/aromatic N) is 1. The molecule has 8 heteroatoms. The summed E-state index contributed by atoms with van der Waals surface area (Å²) in [7, 11) is 0. The number of rotatable bonds is 5. The number of piperidine rings is 1. The molecule has 1 saturated heterocycles. The number of hydrogen-bond donors (Lipinski definition) is 2. The molecule has 134 valence electrons. The number of alkyl halides is 3. The summed E-state index contributed by atoms with van der Waals surface area (Å²) >= 11 is 0. The molecule has 2 rings (SSSR count). The number of hydrogen-bond acceptors (Lipinski definition) is 3. The van der Waals surface area contributed by atoms with Crippen molar-refractivity contribution in [3.05, 3.63) is 29.8 Å². The van der Waals surface area contributed by atoms with E-state index < -0.39 is 11.7 Å². The normalized spacial score (nSPS) is 18.3. The van der Waals surface area contributed by atoms with Crippen molar-refractivity contribution in [3.63, 3.8) is 0 Å². The van der Waals surface area contributed by atoms with Crippen molar-refractivity contribution >= 4 is 6.03 Å². The number of benzene rings is 1. The molecule has 0 unspecified atom stereocenters. The predicted octanol–water partition coefficient (Wildman–Crippen LogP) is 2.50. The first kappa shape index (κ1) is 18.4. The van der Waals surface area contributed by atoms with Crippen LogP contribution in [0, 0.1) is 5.92 Å². The van der Waals surface area contributed by atoms with E-state index >= 15 is 0 Å². The van der Waals surface area contributed by atoms with E-state index in [0.29, 0.717) is 13.1 Å². The van der Waals surface area contributed by atoms with Gasteiger partial charge in [0.05, 0.1) is 12.1 Å². The third-order valence-corrected chi connectivity index (χ3v) is 3.89. The van der Waals surface area contributed by atoms with Crippen LogP contribution in [-0.2, 0) is 6.18 Å². The zero-order valence-electron chi connectivity index (χ0n) is 13.2. The van der Waals surface area contributed by atoms with Crippen molar-refractivity contribution in [1.82, 2.24) is 10.2 Å². The summed E-state index contributed by atoms with van der Waals surface area (Å²) < 4.78 is 43.6. The third-order valence-electron chi connectivity index (χ3n) is 3.89. The standard InChI is InChI=1S/C16H21F3N2O3/c17-16(18,19)13-5-1-2-6-14(13)24-9-7-20-15(23)21-8-3-4-12(10-21)11-22/h1-2,5-6,12,22H,3-4,7-11H2,(H,20,23)/t12-/m0/s1. The molecule has 2 amide bonds. The van der Waals surface area contributed by atoms with Gasteiger partial charge in [0, 0.05) is 19.7 Å². The van der Waals surface area contributed by atoms with Crippen molar-refractivity contribution in [1.29, 1.82) is 0 Å². The molecule has 1 aromatic carbocycles. The van der Waals surface area contributed by atoms with Crippen LogP contribution in [0.4, 0.5) is 18.0 Å². The molecule has 1 heterocycles. The minimum atomic E-state index is -4.48. The van der Waals surface area contributed by atoms with Crippen LogP contribution in [0.5, 0.6) is 5.75 Å². The number of nitrogens with one attached hydrogen (secondary N) is 1. The summed E-state index contributed by atoms with van der Waals surface area (Å²) in [5, 5.41) is 11.8. The Bertz CT molecular complexity index is 552. The highest BCUT2D eigenvalue weighted by Crippen LogP contribution is 2.35. The Morgan fingerprint density at radius 3 is 2.83 bits per heavy atom. The second-order valence-corrected chi connectivity index (χ2v) is 5.71. The van der Waals surface area contributed by atoms with Crippen LogP contribution in [0.25, 0.3) is 0 Å². The molecule has 1 aliphatic rings. The van der Waals surface area contributed by atoms with Gasteiger partial charge in [-0.25, -0.2) is 4.79 Å². The van der Waals surface area contributed by atoms with Crippen LogP contribution in [0.15, 0.2) is 24.3 Å². The number of urea groups is 1. The summed E-state index contributed by atoms with van der Waals surface area (Å²) in [5.74, 6) is -0.169. The lowest BCUT2D eigenvalue weighted by molar-refractivity contribution is -0.138. The van der Waals surface area contributed by atoms with Crippen molar-refractivity contribution in [2.75, 3.05) is 32.8 Å². The molecule has 0 aromatic heterocycles. The van der Waals surface area contributed by atoms with E-state index in [4.69, 9.17) is 9.84 Å². The lowest BCUT2D eigenvalue weighted by atomic mass is 9.99. The lowest BCUT2D eigenvalue weighted by Gasteiger charge is -2.31. The molecule has 1 aromatic rings. The van der Waals surface area contributed by atoms with Gasteiger partial charge >= 0.3 is 12.2 Å². The zero-order chi connectivity index (χ0) is 17.6. The number of para-hydroxylation sites is 1. The quantitative estimate of drug-likeness (QED) is 0.806. The second kappa shape index (κ2) is 8.23. The summed E-state index contributed by atoms with van der Waals surface area (Å²) in [6.45, 7) is 1.18. The summed E-state index contributed by atoms with van der Waals surface area (Å²) in [4.78, 5) is 13.6. The van der Waals surface area contributed by atoms with Gasteiger partial charge in [-0.15, -0.1) is 0 Å². The van der Waals surface area contributed by atoms with Gasteiger partial charge in [0.1, 0.15) is 12.4 Å². The molecule has 1 aliphatic heterocycles. The topological polar surface area (TPSA) is 61.8 Å². The fourth-order valence-corrected chi connectivity index (χ4v) is 2.66. The predicted molar refractivity (Wildman–Crippen MR) is 81.7 cm³/mol. The van der Waals surface area contributed by atoms with Gasteiger partial charge in [0.25, 0.3) is 0 Å². The van der Waals surface area contributed by atoms with Gasteiger partial charge in [-0.3, -0.25) is 0 Å². The van der Waals surface area contributed by atoms with Crippen LogP contribution >= 0.6 is 0 Å². The smallest absolute Gasteiger partial charge is 0.419 e. The number of likely N-dealkylation sites (tertiary alicyclic amines) is 1. The maximum absolute atomic E-state index is 12.8. The molecular weight excluding hydrogens is 325 g/mol. The number of halogens is 3. The van der Waals surface area contributed by atoms with Crippen molar-refractivity contribution in [2.24, 2.45) is 5.92 Å². The Hall–Kier alpha value is -1.96. The van der Waals surface area contributed by atoms with E-state index in [0.717, 1.165) is 18.9 Å².